The number of amides is 1. The second-order valence-corrected chi connectivity index (χ2v) is 6.57. The second kappa shape index (κ2) is 8.86. The molecule has 0 fully saturated rings. The minimum atomic E-state index is -1.05. The van der Waals surface area contributed by atoms with E-state index in [1.165, 1.54) is 28.9 Å². The summed E-state index contributed by atoms with van der Waals surface area (Å²) in [6, 6.07) is 14.2. The van der Waals surface area contributed by atoms with E-state index in [1.54, 1.807) is 36.4 Å². The highest BCUT2D eigenvalue weighted by molar-refractivity contribution is 6.02. The van der Waals surface area contributed by atoms with E-state index in [9.17, 15) is 14.3 Å². The van der Waals surface area contributed by atoms with Gasteiger partial charge in [0.25, 0.3) is 5.91 Å². The van der Waals surface area contributed by atoms with Crippen molar-refractivity contribution in [3.63, 3.8) is 0 Å². The number of carbonyl (C=O) groups excluding carboxylic acids is 1. The van der Waals surface area contributed by atoms with Gasteiger partial charge in [0.05, 0.1) is 18.5 Å². The number of nitrogens with one attached hydrogen (secondary N) is 1. The van der Waals surface area contributed by atoms with Gasteiger partial charge in [-0.3, -0.25) is 4.79 Å². The number of pyridine rings is 1. The fraction of sp³-hybridized carbons (Fsp3) is 0.143. The maximum absolute atomic E-state index is 14.1. The summed E-state index contributed by atoms with van der Waals surface area (Å²) in [5.74, 6) is -0.541. The molecule has 10 heteroatoms. The molecule has 3 aromatic heterocycles. The zero-order valence-corrected chi connectivity index (χ0v) is 16.1. The van der Waals surface area contributed by atoms with Crippen molar-refractivity contribution in [3.8, 4) is 17.1 Å². The zero-order chi connectivity index (χ0) is 21.8. The molecule has 9 nitrogen and oxygen atoms in total. The van der Waals surface area contributed by atoms with Gasteiger partial charge in [0, 0.05) is 11.6 Å². The molecule has 0 aliphatic rings. The highest BCUT2D eigenvalue weighted by atomic mass is 19.1. The molecule has 3 heterocycles. The molecule has 0 saturated heterocycles. The number of ether oxygens (including phenoxy) is 1. The number of aromatic nitrogens is 4. The van der Waals surface area contributed by atoms with E-state index in [0.717, 1.165) is 0 Å². The van der Waals surface area contributed by atoms with Crippen molar-refractivity contribution >= 4 is 17.4 Å². The third-order valence-electron chi connectivity index (χ3n) is 4.34. The third-order valence-corrected chi connectivity index (χ3v) is 4.34. The molecule has 1 aromatic carbocycles. The molecular formula is C21H18FN5O4. The van der Waals surface area contributed by atoms with Crippen LogP contribution in [0, 0.1) is 5.82 Å². The van der Waals surface area contributed by atoms with Gasteiger partial charge in [-0.1, -0.05) is 18.2 Å². The van der Waals surface area contributed by atoms with Gasteiger partial charge in [-0.15, -0.1) is 0 Å². The highest BCUT2D eigenvalue weighted by Gasteiger charge is 2.15. The van der Waals surface area contributed by atoms with Crippen molar-refractivity contribution in [2.24, 2.45) is 0 Å². The number of anilines is 1. The Morgan fingerprint density at radius 3 is 2.81 bits per heavy atom. The van der Waals surface area contributed by atoms with Crippen LogP contribution in [0.2, 0.25) is 0 Å². The molecule has 158 valence electrons. The minimum Gasteiger partial charge on any atom is -0.475 e. The van der Waals surface area contributed by atoms with Gasteiger partial charge in [0.1, 0.15) is 24.2 Å². The summed E-state index contributed by atoms with van der Waals surface area (Å²) in [7, 11) is 0. The number of halogens is 1. The van der Waals surface area contributed by atoms with Crippen LogP contribution in [0.3, 0.4) is 0 Å². The Balaban J connectivity index is 1.57. The second-order valence-electron chi connectivity index (χ2n) is 6.57. The number of rotatable bonds is 7. The van der Waals surface area contributed by atoms with Crippen molar-refractivity contribution in [2.45, 2.75) is 6.10 Å². The minimum absolute atomic E-state index is 0.0659. The summed E-state index contributed by atoms with van der Waals surface area (Å²) in [5, 5.41) is 25.3. The fourth-order valence-electron chi connectivity index (χ4n) is 2.81. The molecule has 3 N–H and O–H groups in total. The standard InChI is InChI=1S/C21H18FN5O4/c22-15-5-2-1-4-14(15)16-8-9-18-23-10-19(27(18)26-16)25-21(30)17-6-3-7-20(24-17)31-12-13(29)11-28/h1-10,13,28-29H,11-12H2,(H,25,30). The van der Waals surface area contributed by atoms with Crippen LogP contribution >= 0.6 is 0 Å². The number of benzene rings is 1. The van der Waals surface area contributed by atoms with E-state index in [-0.39, 0.29) is 24.0 Å². The molecule has 4 rings (SSSR count). The maximum atomic E-state index is 14.1. The number of fused-ring (bicyclic) bond motifs is 1. The summed E-state index contributed by atoms with van der Waals surface area (Å²) in [4.78, 5) is 20.9. The lowest BCUT2D eigenvalue weighted by Gasteiger charge is -2.10. The summed E-state index contributed by atoms with van der Waals surface area (Å²) < 4.78 is 20.8. The average Bonchev–Trinajstić information content (AvgIpc) is 3.19. The van der Waals surface area contributed by atoms with Crippen LogP contribution < -0.4 is 10.1 Å². The van der Waals surface area contributed by atoms with E-state index in [2.05, 4.69) is 20.4 Å². The van der Waals surface area contributed by atoms with Gasteiger partial charge in [0.15, 0.2) is 11.5 Å². The lowest BCUT2D eigenvalue weighted by Crippen LogP contribution is -2.22. The zero-order valence-electron chi connectivity index (χ0n) is 16.1. The van der Waals surface area contributed by atoms with E-state index < -0.39 is 24.4 Å². The predicted molar refractivity (Wildman–Crippen MR) is 109 cm³/mol. The number of imidazole rings is 1. The molecule has 4 aromatic rings. The molecule has 0 aliphatic heterocycles. The Morgan fingerprint density at radius 1 is 1.16 bits per heavy atom. The van der Waals surface area contributed by atoms with E-state index in [0.29, 0.717) is 16.9 Å². The smallest absolute Gasteiger partial charge is 0.275 e. The Hall–Kier alpha value is -3.89. The van der Waals surface area contributed by atoms with Crippen LogP contribution in [0.15, 0.2) is 60.8 Å². The molecule has 31 heavy (non-hydrogen) atoms. The number of aliphatic hydroxyl groups is 2. The van der Waals surface area contributed by atoms with Crippen LogP contribution in [0.25, 0.3) is 16.9 Å². The summed E-state index contributed by atoms with van der Waals surface area (Å²) in [6.45, 7) is -0.610. The number of hydrogen-bond donors (Lipinski definition) is 3. The number of aliphatic hydroxyl groups excluding tert-OH is 2. The Labute approximate surface area is 175 Å². The molecule has 0 bridgehead atoms. The Kier molecular flexibility index (Phi) is 5.83. The van der Waals surface area contributed by atoms with Gasteiger partial charge in [-0.25, -0.2) is 14.4 Å². The van der Waals surface area contributed by atoms with Crippen molar-refractivity contribution in [1.29, 1.82) is 0 Å². The molecule has 0 spiro atoms. The first-order valence-electron chi connectivity index (χ1n) is 9.35. The first-order chi connectivity index (χ1) is 15.0. The normalized spacial score (nSPS) is 12.0. The highest BCUT2D eigenvalue weighted by Crippen LogP contribution is 2.22. The van der Waals surface area contributed by atoms with E-state index in [1.807, 2.05) is 0 Å². The van der Waals surface area contributed by atoms with Gasteiger partial charge in [0.2, 0.25) is 5.88 Å². The van der Waals surface area contributed by atoms with Crippen LogP contribution in [0.1, 0.15) is 10.5 Å². The number of carbonyl (C=O) groups is 1. The summed E-state index contributed by atoms with van der Waals surface area (Å²) in [5.41, 5.74) is 1.25. The molecule has 1 atom stereocenters. The Morgan fingerprint density at radius 2 is 2.00 bits per heavy atom. The van der Waals surface area contributed by atoms with Crippen molar-refractivity contribution in [2.75, 3.05) is 18.5 Å². The van der Waals surface area contributed by atoms with Crippen molar-refractivity contribution in [3.05, 3.63) is 72.3 Å². The van der Waals surface area contributed by atoms with Gasteiger partial charge < -0.3 is 20.3 Å². The van der Waals surface area contributed by atoms with Gasteiger partial charge in [-0.2, -0.15) is 9.61 Å². The first kappa shape index (κ1) is 20.4. The average molecular weight is 423 g/mol. The topological polar surface area (TPSA) is 122 Å². The van der Waals surface area contributed by atoms with Crippen molar-refractivity contribution < 1.29 is 24.1 Å². The Bertz CT molecular complexity index is 1230. The van der Waals surface area contributed by atoms with Crippen LogP contribution in [0.4, 0.5) is 10.2 Å². The lowest BCUT2D eigenvalue weighted by molar-refractivity contribution is 0.0520. The van der Waals surface area contributed by atoms with Crippen LogP contribution in [-0.4, -0.2) is 55.0 Å². The predicted octanol–water partition coefficient (Wildman–Crippen LogP) is 1.91. The van der Waals surface area contributed by atoms with Crippen LogP contribution in [-0.2, 0) is 0 Å². The van der Waals surface area contributed by atoms with Gasteiger partial charge in [-0.05, 0) is 30.3 Å². The van der Waals surface area contributed by atoms with Crippen molar-refractivity contribution in [1.82, 2.24) is 19.6 Å². The fourth-order valence-corrected chi connectivity index (χ4v) is 2.81. The van der Waals surface area contributed by atoms with Crippen LogP contribution in [0.5, 0.6) is 5.88 Å². The molecular weight excluding hydrogens is 405 g/mol. The summed E-state index contributed by atoms with van der Waals surface area (Å²) in [6.07, 6.45) is 0.385. The SMILES string of the molecule is O=C(Nc1cnc2ccc(-c3ccccc3F)nn12)c1cccc(OCC(O)CO)n1. The lowest BCUT2D eigenvalue weighted by atomic mass is 10.1. The van der Waals surface area contributed by atoms with Gasteiger partial charge >= 0.3 is 0 Å². The quantitative estimate of drug-likeness (QED) is 0.415. The largest absolute Gasteiger partial charge is 0.475 e. The number of hydrogen-bond acceptors (Lipinski definition) is 7. The first-order valence-corrected chi connectivity index (χ1v) is 9.35. The summed E-state index contributed by atoms with van der Waals surface area (Å²) >= 11 is 0. The molecule has 1 unspecified atom stereocenters. The molecule has 0 saturated carbocycles. The third kappa shape index (κ3) is 4.49. The molecule has 0 radical (unpaired) electrons. The molecule has 0 aliphatic carbocycles. The van der Waals surface area contributed by atoms with E-state index in [4.69, 9.17) is 9.84 Å². The maximum Gasteiger partial charge on any atom is 0.275 e. The monoisotopic (exact) mass is 423 g/mol. The number of nitrogens with zero attached hydrogens (tertiary/aromatic N) is 4. The van der Waals surface area contributed by atoms with E-state index >= 15 is 0 Å². The molecule has 1 amide bonds.